The third-order valence-corrected chi connectivity index (χ3v) is 5.80. The van der Waals surface area contributed by atoms with Crippen LogP contribution in [-0.4, -0.2) is 47.8 Å². The first-order valence-corrected chi connectivity index (χ1v) is 9.86. The van der Waals surface area contributed by atoms with Crippen molar-refractivity contribution in [2.75, 3.05) is 31.2 Å². The molecule has 6 heteroatoms. The van der Waals surface area contributed by atoms with E-state index in [1.807, 2.05) is 25.2 Å². The van der Waals surface area contributed by atoms with Crippen molar-refractivity contribution >= 4 is 22.9 Å². The smallest absolute Gasteiger partial charge is 0.251 e. The molecule has 144 valence electrons. The highest BCUT2D eigenvalue weighted by molar-refractivity contribution is 5.98. The van der Waals surface area contributed by atoms with E-state index >= 15 is 0 Å². The van der Waals surface area contributed by atoms with Gasteiger partial charge in [-0.3, -0.25) is 4.79 Å². The second-order valence-corrected chi connectivity index (χ2v) is 7.62. The monoisotopic (exact) mass is 376 g/mol. The van der Waals surface area contributed by atoms with E-state index in [-0.39, 0.29) is 11.9 Å². The number of hydrogen-bond donors (Lipinski definition) is 1. The van der Waals surface area contributed by atoms with Crippen molar-refractivity contribution in [3.63, 3.8) is 0 Å². The number of nitrogens with zero attached hydrogens (tertiary/aromatic N) is 3. The summed E-state index contributed by atoms with van der Waals surface area (Å²) in [5, 5.41) is 3.19. The van der Waals surface area contributed by atoms with Gasteiger partial charge in [0.05, 0.1) is 24.2 Å². The molecule has 0 radical (unpaired) electrons. The molecule has 2 aliphatic rings. The van der Waals surface area contributed by atoms with Gasteiger partial charge in [0.25, 0.3) is 5.91 Å². The number of anilines is 1. The number of morpholine rings is 1. The first kappa shape index (κ1) is 17.3. The van der Waals surface area contributed by atoms with Crippen LogP contribution in [0.25, 0.3) is 11.0 Å². The molecule has 0 spiro atoms. The maximum Gasteiger partial charge on any atom is 0.251 e. The molecule has 2 heterocycles. The third kappa shape index (κ3) is 3.03. The van der Waals surface area contributed by atoms with Crippen LogP contribution in [0.3, 0.4) is 0 Å². The van der Waals surface area contributed by atoms with E-state index in [9.17, 15) is 4.79 Å². The second-order valence-electron chi connectivity index (χ2n) is 7.62. The number of carbonyl (C=O) groups excluding carboxylic acids is 1. The molecule has 1 fully saturated rings. The molecule has 0 unspecified atom stereocenters. The Morgan fingerprint density at radius 2 is 1.82 bits per heavy atom. The van der Waals surface area contributed by atoms with Crippen molar-refractivity contribution in [2.24, 2.45) is 7.05 Å². The van der Waals surface area contributed by atoms with E-state index in [0.29, 0.717) is 5.56 Å². The lowest BCUT2D eigenvalue weighted by Gasteiger charge is -2.27. The molecule has 0 saturated carbocycles. The highest BCUT2D eigenvalue weighted by Crippen LogP contribution is 2.24. The predicted octanol–water partition coefficient (Wildman–Crippen LogP) is 2.31. The summed E-state index contributed by atoms with van der Waals surface area (Å²) >= 11 is 0. The molecule has 6 nitrogen and oxygen atoms in total. The lowest BCUT2D eigenvalue weighted by atomic mass is 10.1. The number of hydrogen-bond acceptors (Lipinski definition) is 4. The van der Waals surface area contributed by atoms with Gasteiger partial charge >= 0.3 is 0 Å². The van der Waals surface area contributed by atoms with E-state index in [4.69, 9.17) is 9.72 Å². The zero-order chi connectivity index (χ0) is 19.1. The molecule has 28 heavy (non-hydrogen) atoms. The maximum absolute atomic E-state index is 12.8. The van der Waals surface area contributed by atoms with Crippen molar-refractivity contribution in [2.45, 2.75) is 18.9 Å². The van der Waals surface area contributed by atoms with E-state index in [1.54, 1.807) is 0 Å². The standard InChI is InChI=1S/C22H24N4O2/c1-25-20-7-6-17(14-19(20)24-22(25)26-8-10-28-11-9-26)21(27)23-18-12-15-4-2-3-5-16(15)13-18/h2-7,14,18H,8-13H2,1H3,(H,23,27). The van der Waals surface area contributed by atoms with Crippen molar-refractivity contribution in [1.82, 2.24) is 14.9 Å². The summed E-state index contributed by atoms with van der Waals surface area (Å²) in [4.78, 5) is 19.8. The SMILES string of the molecule is Cn1c(N2CCOCC2)nc2cc(C(=O)NC3Cc4ccccc4C3)ccc21. The van der Waals surface area contributed by atoms with Crippen LogP contribution in [0, 0.1) is 0 Å². The van der Waals surface area contributed by atoms with Crippen molar-refractivity contribution < 1.29 is 9.53 Å². The average Bonchev–Trinajstić information content (AvgIpc) is 3.28. The average molecular weight is 376 g/mol. The molecular formula is C22H24N4O2. The van der Waals surface area contributed by atoms with Gasteiger partial charge in [0.2, 0.25) is 5.95 Å². The highest BCUT2D eigenvalue weighted by Gasteiger charge is 2.23. The van der Waals surface area contributed by atoms with Crippen LogP contribution in [0.2, 0.25) is 0 Å². The minimum Gasteiger partial charge on any atom is -0.378 e. The number of aryl methyl sites for hydroxylation is 1. The van der Waals surface area contributed by atoms with E-state index < -0.39 is 0 Å². The summed E-state index contributed by atoms with van der Waals surface area (Å²) in [7, 11) is 2.02. The number of fused-ring (bicyclic) bond motifs is 2. The quantitative estimate of drug-likeness (QED) is 0.762. The molecule has 1 aromatic heterocycles. The Morgan fingerprint density at radius 1 is 1.11 bits per heavy atom. The second kappa shape index (κ2) is 6.95. The maximum atomic E-state index is 12.8. The van der Waals surface area contributed by atoms with Gasteiger partial charge in [-0.2, -0.15) is 0 Å². The van der Waals surface area contributed by atoms with Crippen LogP contribution in [0.4, 0.5) is 5.95 Å². The lowest BCUT2D eigenvalue weighted by molar-refractivity contribution is 0.0938. The van der Waals surface area contributed by atoms with E-state index in [2.05, 4.69) is 39.0 Å². The first-order valence-electron chi connectivity index (χ1n) is 9.86. The summed E-state index contributed by atoms with van der Waals surface area (Å²) in [5.74, 6) is 0.903. The van der Waals surface area contributed by atoms with Crippen LogP contribution in [0.5, 0.6) is 0 Å². The number of imidazole rings is 1. The highest BCUT2D eigenvalue weighted by atomic mass is 16.5. The lowest BCUT2D eigenvalue weighted by Crippen LogP contribution is -2.37. The van der Waals surface area contributed by atoms with Crippen LogP contribution >= 0.6 is 0 Å². The van der Waals surface area contributed by atoms with Crippen LogP contribution in [0.15, 0.2) is 42.5 Å². The topological polar surface area (TPSA) is 59.4 Å². The minimum atomic E-state index is -0.0294. The predicted molar refractivity (Wildman–Crippen MR) is 109 cm³/mol. The Kier molecular flexibility index (Phi) is 4.28. The van der Waals surface area contributed by atoms with Crippen LogP contribution in [0.1, 0.15) is 21.5 Å². The van der Waals surface area contributed by atoms with Crippen LogP contribution in [-0.2, 0) is 24.6 Å². The van der Waals surface area contributed by atoms with E-state index in [1.165, 1.54) is 11.1 Å². The molecular weight excluding hydrogens is 352 g/mol. The number of carbonyl (C=O) groups is 1. The van der Waals surface area contributed by atoms with Gasteiger partial charge in [0.1, 0.15) is 0 Å². The number of rotatable bonds is 3. The van der Waals surface area contributed by atoms with Crippen LogP contribution < -0.4 is 10.2 Å². The number of amides is 1. The molecule has 3 aromatic rings. The van der Waals surface area contributed by atoms with Crippen molar-refractivity contribution in [3.05, 3.63) is 59.2 Å². The largest absolute Gasteiger partial charge is 0.378 e. The Balaban J connectivity index is 1.35. The summed E-state index contributed by atoms with van der Waals surface area (Å²) < 4.78 is 7.53. The summed E-state index contributed by atoms with van der Waals surface area (Å²) in [6.07, 6.45) is 1.80. The van der Waals surface area contributed by atoms with Gasteiger partial charge < -0.3 is 19.5 Å². The Bertz CT molecular complexity index is 1010. The normalized spacial score (nSPS) is 17.1. The summed E-state index contributed by atoms with van der Waals surface area (Å²) in [6, 6.07) is 14.4. The van der Waals surface area contributed by atoms with Gasteiger partial charge in [0, 0.05) is 31.7 Å². The Morgan fingerprint density at radius 3 is 2.54 bits per heavy atom. The fourth-order valence-electron chi connectivity index (χ4n) is 4.30. The zero-order valence-corrected chi connectivity index (χ0v) is 16.0. The third-order valence-electron chi connectivity index (χ3n) is 5.80. The fraction of sp³-hybridized carbons (Fsp3) is 0.364. The molecule has 0 atom stereocenters. The van der Waals surface area contributed by atoms with E-state index in [0.717, 1.165) is 56.1 Å². The molecule has 1 aliphatic heterocycles. The first-order chi connectivity index (χ1) is 13.7. The summed E-state index contributed by atoms with van der Waals surface area (Å²) in [5.41, 5.74) is 5.22. The zero-order valence-electron chi connectivity index (χ0n) is 16.0. The summed E-state index contributed by atoms with van der Waals surface area (Å²) in [6.45, 7) is 3.13. The van der Waals surface area contributed by atoms with Gasteiger partial charge in [-0.15, -0.1) is 0 Å². The van der Waals surface area contributed by atoms with Gasteiger partial charge in [0.15, 0.2) is 0 Å². The van der Waals surface area contributed by atoms with Crippen molar-refractivity contribution in [3.8, 4) is 0 Å². The van der Waals surface area contributed by atoms with Gasteiger partial charge in [-0.05, 0) is 42.2 Å². The Hall–Kier alpha value is -2.86. The molecule has 0 bridgehead atoms. The molecule has 1 amide bonds. The Labute approximate surface area is 164 Å². The van der Waals surface area contributed by atoms with Gasteiger partial charge in [-0.1, -0.05) is 24.3 Å². The number of benzene rings is 2. The molecule has 2 aromatic carbocycles. The number of ether oxygens (including phenoxy) is 1. The fourth-order valence-corrected chi connectivity index (χ4v) is 4.30. The minimum absolute atomic E-state index is 0.0294. The molecule has 5 rings (SSSR count). The molecule has 1 saturated heterocycles. The molecule has 1 aliphatic carbocycles. The van der Waals surface area contributed by atoms with Crippen molar-refractivity contribution in [1.29, 1.82) is 0 Å². The molecule has 1 N–H and O–H groups in total. The van der Waals surface area contributed by atoms with Gasteiger partial charge in [-0.25, -0.2) is 4.98 Å². The number of aromatic nitrogens is 2. The number of nitrogens with one attached hydrogen (secondary N) is 1.